The molecule has 0 saturated heterocycles. The van der Waals surface area contributed by atoms with Crippen molar-refractivity contribution in [1.82, 2.24) is 0 Å². The van der Waals surface area contributed by atoms with Gasteiger partial charge < -0.3 is 5.11 Å². The zero-order chi connectivity index (χ0) is 9.90. The van der Waals surface area contributed by atoms with E-state index in [-0.39, 0.29) is 0 Å². The van der Waals surface area contributed by atoms with Crippen LogP contribution in [0.3, 0.4) is 0 Å². The van der Waals surface area contributed by atoms with E-state index in [2.05, 4.69) is 0 Å². The van der Waals surface area contributed by atoms with Crippen LogP contribution < -0.4 is 0 Å². The van der Waals surface area contributed by atoms with Crippen LogP contribution in [0.5, 0.6) is 0 Å². The molecule has 0 amide bonds. The molecular weight excluding hydrogens is 166 g/mol. The van der Waals surface area contributed by atoms with Gasteiger partial charge in [-0.1, -0.05) is 30.3 Å². The van der Waals surface area contributed by atoms with Gasteiger partial charge in [-0.2, -0.15) is 5.26 Å². The smallest absolute Gasteiger partial charge is 0.328 e. The van der Waals surface area contributed by atoms with E-state index >= 15 is 0 Å². The molecule has 0 saturated carbocycles. The molecule has 3 nitrogen and oxygen atoms in total. The molecule has 1 N–H and O–H groups in total. The molecule has 0 aliphatic carbocycles. The summed E-state index contributed by atoms with van der Waals surface area (Å²) >= 11 is 0. The van der Waals surface area contributed by atoms with Crippen molar-refractivity contribution in [1.29, 1.82) is 5.26 Å². The van der Waals surface area contributed by atoms with Crippen molar-refractivity contribution in [2.75, 3.05) is 0 Å². The SMILES string of the molecule is CC(C#N)(C(=O)O)c1ccccc1. The predicted octanol–water partition coefficient (Wildman–Crippen LogP) is 1.55. The van der Waals surface area contributed by atoms with Crippen LogP contribution in [0.1, 0.15) is 12.5 Å². The minimum Gasteiger partial charge on any atom is -0.480 e. The summed E-state index contributed by atoms with van der Waals surface area (Å²) in [6.45, 7) is 1.39. The summed E-state index contributed by atoms with van der Waals surface area (Å²) in [6.07, 6.45) is 0. The monoisotopic (exact) mass is 175 g/mol. The molecule has 0 aromatic heterocycles. The number of rotatable bonds is 2. The Morgan fingerprint density at radius 1 is 1.46 bits per heavy atom. The fraction of sp³-hybridized carbons (Fsp3) is 0.200. The van der Waals surface area contributed by atoms with E-state index in [0.29, 0.717) is 5.56 Å². The van der Waals surface area contributed by atoms with Gasteiger partial charge in [-0.25, -0.2) is 0 Å². The summed E-state index contributed by atoms with van der Waals surface area (Å²) in [4.78, 5) is 10.8. The Hall–Kier alpha value is -1.82. The molecule has 0 aliphatic rings. The van der Waals surface area contributed by atoms with E-state index in [4.69, 9.17) is 10.4 Å². The van der Waals surface area contributed by atoms with E-state index in [1.807, 2.05) is 0 Å². The van der Waals surface area contributed by atoms with E-state index in [1.54, 1.807) is 36.4 Å². The highest BCUT2D eigenvalue weighted by atomic mass is 16.4. The van der Waals surface area contributed by atoms with E-state index in [9.17, 15) is 4.79 Å². The van der Waals surface area contributed by atoms with Gasteiger partial charge in [0.15, 0.2) is 5.41 Å². The van der Waals surface area contributed by atoms with Gasteiger partial charge in [-0.05, 0) is 12.5 Å². The zero-order valence-corrected chi connectivity index (χ0v) is 7.19. The summed E-state index contributed by atoms with van der Waals surface area (Å²) in [5.74, 6) is -1.12. The summed E-state index contributed by atoms with van der Waals surface area (Å²) in [6, 6.07) is 10.3. The zero-order valence-electron chi connectivity index (χ0n) is 7.19. The lowest BCUT2D eigenvalue weighted by molar-refractivity contribution is -0.141. The average molecular weight is 175 g/mol. The molecule has 3 heteroatoms. The number of carbonyl (C=O) groups is 1. The number of benzene rings is 1. The van der Waals surface area contributed by atoms with Crippen LogP contribution in [0.25, 0.3) is 0 Å². The maximum Gasteiger partial charge on any atom is 0.328 e. The fourth-order valence-electron chi connectivity index (χ4n) is 1.01. The van der Waals surface area contributed by atoms with Crippen LogP contribution in [0.2, 0.25) is 0 Å². The van der Waals surface area contributed by atoms with Crippen LogP contribution in [-0.2, 0) is 10.2 Å². The summed E-state index contributed by atoms with van der Waals surface area (Å²) in [5.41, 5.74) is -0.939. The molecule has 0 spiro atoms. The molecule has 0 fully saturated rings. The Morgan fingerprint density at radius 3 is 2.38 bits per heavy atom. The van der Waals surface area contributed by atoms with E-state index in [0.717, 1.165) is 0 Å². The van der Waals surface area contributed by atoms with Gasteiger partial charge in [0.05, 0.1) is 6.07 Å². The maximum absolute atomic E-state index is 10.8. The first kappa shape index (κ1) is 9.27. The molecular formula is C10H9NO2. The van der Waals surface area contributed by atoms with Gasteiger partial charge >= 0.3 is 5.97 Å². The Kier molecular flexibility index (Phi) is 2.34. The summed E-state index contributed by atoms with van der Waals surface area (Å²) in [7, 11) is 0. The van der Waals surface area contributed by atoms with Crippen molar-refractivity contribution >= 4 is 5.97 Å². The van der Waals surface area contributed by atoms with Gasteiger partial charge in [-0.3, -0.25) is 4.79 Å². The Balaban J connectivity index is 3.21. The predicted molar refractivity (Wildman–Crippen MR) is 47.0 cm³/mol. The number of carboxylic acid groups (broad SMARTS) is 1. The van der Waals surface area contributed by atoms with Gasteiger partial charge in [0, 0.05) is 0 Å². The molecule has 0 heterocycles. The van der Waals surface area contributed by atoms with Crippen molar-refractivity contribution < 1.29 is 9.90 Å². The first-order valence-electron chi connectivity index (χ1n) is 3.81. The lowest BCUT2D eigenvalue weighted by atomic mass is 9.84. The lowest BCUT2D eigenvalue weighted by Crippen LogP contribution is -2.30. The standard InChI is InChI=1S/C10H9NO2/c1-10(7-11,9(12)13)8-5-3-2-4-6-8/h2-6H,1H3,(H,12,13). The average Bonchev–Trinajstić information content (AvgIpc) is 2.17. The largest absolute Gasteiger partial charge is 0.480 e. The van der Waals surface area contributed by atoms with Crippen LogP contribution >= 0.6 is 0 Å². The molecule has 13 heavy (non-hydrogen) atoms. The molecule has 0 aliphatic heterocycles. The molecule has 1 rings (SSSR count). The van der Waals surface area contributed by atoms with Crippen LogP contribution in [-0.4, -0.2) is 11.1 Å². The normalized spacial score (nSPS) is 14.2. The molecule has 1 unspecified atom stereocenters. The van der Waals surface area contributed by atoms with Gasteiger partial charge in [0.2, 0.25) is 0 Å². The number of carboxylic acids is 1. The maximum atomic E-state index is 10.8. The molecule has 1 aromatic rings. The lowest BCUT2D eigenvalue weighted by Gasteiger charge is -2.15. The van der Waals surface area contributed by atoms with Crippen molar-refractivity contribution in [2.24, 2.45) is 0 Å². The third-order valence-electron chi connectivity index (χ3n) is 2.00. The van der Waals surface area contributed by atoms with Gasteiger partial charge in [0.25, 0.3) is 0 Å². The Labute approximate surface area is 76.2 Å². The molecule has 66 valence electrons. The Bertz CT molecular complexity index is 353. The van der Waals surface area contributed by atoms with Gasteiger partial charge in [-0.15, -0.1) is 0 Å². The number of aliphatic carboxylic acids is 1. The van der Waals surface area contributed by atoms with Crippen molar-refractivity contribution in [3.8, 4) is 6.07 Å². The molecule has 1 atom stereocenters. The first-order valence-corrected chi connectivity index (χ1v) is 3.81. The quantitative estimate of drug-likeness (QED) is 0.741. The number of nitrogens with zero attached hydrogens (tertiary/aromatic N) is 1. The number of nitriles is 1. The van der Waals surface area contributed by atoms with Crippen molar-refractivity contribution in [3.63, 3.8) is 0 Å². The fourth-order valence-corrected chi connectivity index (χ4v) is 1.01. The number of hydrogen-bond acceptors (Lipinski definition) is 2. The molecule has 0 radical (unpaired) electrons. The van der Waals surface area contributed by atoms with Gasteiger partial charge in [0.1, 0.15) is 0 Å². The second-order valence-corrected chi connectivity index (χ2v) is 2.91. The second-order valence-electron chi connectivity index (χ2n) is 2.91. The van der Waals surface area contributed by atoms with Crippen LogP contribution in [0, 0.1) is 11.3 Å². The first-order chi connectivity index (χ1) is 6.11. The van der Waals surface area contributed by atoms with E-state index < -0.39 is 11.4 Å². The topological polar surface area (TPSA) is 61.1 Å². The highest BCUT2D eigenvalue weighted by Gasteiger charge is 2.34. The van der Waals surface area contributed by atoms with Crippen LogP contribution in [0.15, 0.2) is 30.3 Å². The number of hydrogen-bond donors (Lipinski definition) is 1. The minimum atomic E-state index is -1.44. The third kappa shape index (κ3) is 1.52. The Morgan fingerprint density at radius 2 is 2.00 bits per heavy atom. The van der Waals surface area contributed by atoms with Crippen molar-refractivity contribution in [2.45, 2.75) is 12.3 Å². The van der Waals surface area contributed by atoms with Crippen molar-refractivity contribution in [3.05, 3.63) is 35.9 Å². The highest BCUT2D eigenvalue weighted by molar-refractivity contribution is 5.84. The van der Waals surface area contributed by atoms with E-state index in [1.165, 1.54) is 6.92 Å². The summed E-state index contributed by atoms with van der Waals surface area (Å²) in [5, 5.41) is 17.6. The highest BCUT2D eigenvalue weighted by Crippen LogP contribution is 2.22. The summed E-state index contributed by atoms with van der Waals surface area (Å²) < 4.78 is 0. The third-order valence-corrected chi connectivity index (χ3v) is 2.00. The minimum absolute atomic E-state index is 0.505. The second kappa shape index (κ2) is 3.28. The molecule has 0 bridgehead atoms. The van der Waals surface area contributed by atoms with Crippen LogP contribution in [0.4, 0.5) is 0 Å². The molecule has 1 aromatic carbocycles.